The molecular formula is C13H17ClN4O3S. The second-order valence-electron chi connectivity index (χ2n) is 3.94. The molecule has 2 aromatic rings. The molecule has 1 aromatic heterocycles. The van der Waals surface area contributed by atoms with Crippen LogP contribution in [0.1, 0.15) is 29.9 Å². The van der Waals surface area contributed by atoms with Crippen molar-refractivity contribution in [2.45, 2.75) is 18.7 Å². The molecule has 4 N–H and O–H groups in total. The normalized spacial score (nSPS) is 10.6. The van der Waals surface area contributed by atoms with E-state index in [1.165, 1.54) is 24.3 Å². The predicted octanol–water partition coefficient (Wildman–Crippen LogP) is 2.01. The first-order chi connectivity index (χ1) is 10.3. The number of aromatic nitrogens is 2. The largest absolute Gasteiger partial charge is 0.372 e. The Morgan fingerprint density at radius 2 is 1.95 bits per heavy atom. The molecule has 1 aromatic carbocycles. The fourth-order valence-electron chi connectivity index (χ4n) is 1.59. The van der Waals surface area contributed by atoms with Gasteiger partial charge in [-0.05, 0) is 18.2 Å². The third-order valence-corrected chi connectivity index (χ3v) is 3.97. The summed E-state index contributed by atoms with van der Waals surface area (Å²) in [4.78, 5) is 11.9. The zero-order chi connectivity index (χ0) is 16.9. The Morgan fingerprint density at radius 1 is 1.32 bits per heavy atom. The number of nitrogens with two attached hydrogens (primary N) is 1. The molecule has 7 nitrogen and oxygen atoms in total. The molecule has 0 amide bonds. The maximum absolute atomic E-state index is 12.2. The van der Waals surface area contributed by atoms with Crippen LogP contribution in [0.15, 0.2) is 29.2 Å². The van der Waals surface area contributed by atoms with Gasteiger partial charge < -0.3 is 5.32 Å². The van der Waals surface area contributed by atoms with Crippen molar-refractivity contribution in [3.8, 4) is 0 Å². The molecule has 0 saturated heterocycles. The highest BCUT2D eigenvalue weighted by Gasteiger charge is 2.17. The average molecular weight is 345 g/mol. The summed E-state index contributed by atoms with van der Waals surface area (Å²) >= 11 is 5.83. The molecular weight excluding hydrogens is 328 g/mol. The molecule has 0 aliphatic carbocycles. The number of carbonyl (C=O) groups excluding carboxylic acids is 1. The van der Waals surface area contributed by atoms with Crippen molar-refractivity contribution in [3.05, 3.63) is 40.5 Å². The molecule has 0 radical (unpaired) electrons. The molecule has 2 rings (SSSR count). The van der Waals surface area contributed by atoms with Gasteiger partial charge >= 0.3 is 0 Å². The van der Waals surface area contributed by atoms with E-state index >= 15 is 0 Å². The molecule has 0 aliphatic rings. The molecule has 120 valence electrons. The summed E-state index contributed by atoms with van der Waals surface area (Å²) in [7, 11) is -2.24. The zero-order valence-electron chi connectivity index (χ0n) is 12.3. The maximum Gasteiger partial charge on any atom is 0.239 e. The minimum atomic E-state index is -3.91. The van der Waals surface area contributed by atoms with E-state index in [0.717, 1.165) is 0 Å². The van der Waals surface area contributed by atoms with Crippen molar-refractivity contribution in [1.82, 2.24) is 10.2 Å². The number of ketones is 1. The van der Waals surface area contributed by atoms with Crippen molar-refractivity contribution in [2.75, 3.05) is 12.4 Å². The Balaban J connectivity index is 0.00000116. The summed E-state index contributed by atoms with van der Waals surface area (Å²) in [5, 5.41) is 14.1. The summed E-state index contributed by atoms with van der Waals surface area (Å²) in [6.07, 6.45) is 0. The number of carbonyl (C=O) groups is 1. The van der Waals surface area contributed by atoms with Gasteiger partial charge in [0, 0.05) is 18.7 Å². The molecule has 0 atom stereocenters. The van der Waals surface area contributed by atoms with E-state index in [1.807, 2.05) is 13.8 Å². The van der Waals surface area contributed by atoms with Crippen LogP contribution in [-0.4, -0.2) is 31.4 Å². The molecule has 0 fully saturated rings. The number of H-pyrrole nitrogens is 1. The Labute approximate surface area is 133 Å². The third-order valence-electron chi connectivity index (χ3n) is 2.58. The van der Waals surface area contributed by atoms with Gasteiger partial charge in [-0.15, -0.1) is 0 Å². The van der Waals surface area contributed by atoms with E-state index < -0.39 is 10.0 Å². The summed E-state index contributed by atoms with van der Waals surface area (Å²) in [6.45, 7) is 4.00. The van der Waals surface area contributed by atoms with Gasteiger partial charge in [0.15, 0.2) is 0 Å². The Kier molecular flexibility index (Phi) is 6.10. The lowest BCUT2D eigenvalue weighted by Gasteiger charge is -2.04. The highest BCUT2D eigenvalue weighted by molar-refractivity contribution is 7.89. The second kappa shape index (κ2) is 7.39. The van der Waals surface area contributed by atoms with Crippen molar-refractivity contribution < 1.29 is 13.2 Å². The smallest absolute Gasteiger partial charge is 0.239 e. The third kappa shape index (κ3) is 4.06. The number of aromatic amines is 1. The number of nitrogens with one attached hydrogen (secondary N) is 2. The number of anilines is 1. The minimum absolute atomic E-state index is 0.105. The standard InChI is InChI=1S/C11H11ClN4O3S.C2H6/c1-14-10-5-8(15-16-10)11(17)6-2-3-9(7(12)4-6)20(13,18)19;1-2/h2-5H,1H3,(H2,13,18,19)(H2,14,15,16);1-2H3. The SMILES string of the molecule is CC.CNc1cc(C(=O)c2ccc(S(N)(=O)=O)c(Cl)c2)[nH]n1. The van der Waals surface area contributed by atoms with Crippen molar-refractivity contribution in [1.29, 1.82) is 0 Å². The first kappa shape index (κ1) is 18.1. The maximum atomic E-state index is 12.2. The second-order valence-corrected chi connectivity index (χ2v) is 5.87. The van der Waals surface area contributed by atoms with Gasteiger partial charge in [-0.3, -0.25) is 9.89 Å². The molecule has 9 heteroatoms. The fourth-order valence-corrected chi connectivity index (χ4v) is 2.69. The van der Waals surface area contributed by atoms with Crippen LogP contribution in [0.3, 0.4) is 0 Å². The Hall–Kier alpha value is -1.90. The summed E-state index contributed by atoms with van der Waals surface area (Å²) in [5.41, 5.74) is 0.488. The van der Waals surface area contributed by atoms with Crippen LogP contribution in [-0.2, 0) is 10.0 Å². The quantitative estimate of drug-likeness (QED) is 0.733. The van der Waals surface area contributed by atoms with Gasteiger partial charge in [0.05, 0.1) is 5.02 Å². The lowest BCUT2D eigenvalue weighted by Crippen LogP contribution is -2.13. The van der Waals surface area contributed by atoms with Crippen LogP contribution >= 0.6 is 11.6 Å². The molecule has 0 saturated carbocycles. The van der Waals surface area contributed by atoms with E-state index in [9.17, 15) is 13.2 Å². The van der Waals surface area contributed by atoms with Crippen LogP contribution in [0.25, 0.3) is 0 Å². The number of halogens is 1. The van der Waals surface area contributed by atoms with Crippen molar-refractivity contribution in [2.24, 2.45) is 5.14 Å². The number of rotatable bonds is 4. The Morgan fingerprint density at radius 3 is 2.41 bits per heavy atom. The highest BCUT2D eigenvalue weighted by atomic mass is 35.5. The van der Waals surface area contributed by atoms with Crippen LogP contribution in [0, 0.1) is 0 Å². The topological polar surface area (TPSA) is 118 Å². The monoisotopic (exact) mass is 344 g/mol. The van der Waals surface area contributed by atoms with Crippen LogP contribution in [0.4, 0.5) is 5.82 Å². The van der Waals surface area contributed by atoms with Gasteiger partial charge in [-0.1, -0.05) is 25.4 Å². The minimum Gasteiger partial charge on any atom is -0.372 e. The van der Waals surface area contributed by atoms with Gasteiger partial charge in [0.2, 0.25) is 15.8 Å². The zero-order valence-corrected chi connectivity index (χ0v) is 13.9. The first-order valence-electron chi connectivity index (χ1n) is 6.43. The van der Waals surface area contributed by atoms with Crippen molar-refractivity contribution in [3.63, 3.8) is 0 Å². The average Bonchev–Trinajstić information content (AvgIpc) is 2.96. The van der Waals surface area contributed by atoms with Crippen LogP contribution < -0.4 is 10.5 Å². The van der Waals surface area contributed by atoms with Gasteiger partial charge in [0.1, 0.15) is 16.4 Å². The van der Waals surface area contributed by atoms with Crippen LogP contribution in [0.5, 0.6) is 0 Å². The number of hydrogen-bond donors (Lipinski definition) is 3. The molecule has 1 heterocycles. The van der Waals surface area contributed by atoms with E-state index in [0.29, 0.717) is 5.82 Å². The fraction of sp³-hybridized carbons (Fsp3) is 0.231. The number of sulfonamides is 1. The first-order valence-corrected chi connectivity index (χ1v) is 8.35. The lowest BCUT2D eigenvalue weighted by molar-refractivity contribution is 0.103. The summed E-state index contributed by atoms with van der Waals surface area (Å²) in [5.74, 6) is 0.155. The highest BCUT2D eigenvalue weighted by Crippen LogP contribution is 2.23. The number of nitrogens with zero attached hydrogens (tertiary/aromatic N) is 1. The van der Waals surface area contributed by atoms with Gasteiger partial charge in [0.25, 0.3) is 0 Å². The summed E-state index contributed by atoms with van der Waals surface area (Å²) in [6, 6.07) is 5.32. The number of hydrogen-bond acceptors (Lipinski definition) is 5. The van der Waals surface area contributed by atoms with Crippen LogP contribution in [0.2, 0.25) is 5.02 Å². The van der Waals surface area contributed by atoms with Gasteiger partial charge in [-0.25, -0.2) is 13.6 Å². The van der Waals surface area contributed by atoms with Gasteiger partial charge in [-0.2, -0.15) is 5.10 Å². The van der Waals surface area contributed by atoms with E-state index in [4.69, 9.17) is 16.7 Å². The molecule has 0 spiro atoms. The van der Waals surface area contributed by atoms with E-state index in [-0.39, 0.29) is 27.0 Å². The molecule has 22 heavy (non-hydrogen) atoms. The predicted molar refractivity (Wildman–Crippen MR) is 85.7 cm³/mol. The van der Waals surface area contributed by atoms with E-state index in [2.05, 4.69) is 15.5 Å². The number of primary sulfonamides is 1. The Bertz CT molecular complexity index is 771. The molecule has 0 aliphatic heterocycles. The van der Waals surface area contributed by atoms with E-state index in [1.54, 1.807) is 7.05 Å². The van der Waals surface area contributed by atoms with Crippen molar-refractivity contribution >= 4 is 33.2 Å². The molecule has 0 bridgehead atoms. The molecule has 0 unspecified atom stereocenters. The lowest BCUT2D eigenvalue weighted by atomic mass is 10.1. The summed E-state index contributed by atoms with van der Waals surface area (Å²) < 4.78 is 22.5. The number of benzene rings is 1.